The SMILES string of the molecule is Cl.NCCOCC1CC1. The highest BCUT2D eigenvalue weighted by Crippen LogP contribution is 2.28. The summed E-state index contributed by atoms with van der Waals surface area (Å²) in [5.41, 5.74) is 5.21. The van der Waals surface area contributed by atoms with Crippen molar-refractivity contribution in [1.29, 1.82) is 0 Å². The molecule has 0 aromatic rings. The summed E-state index contributed by atoms with van der Waals surface area (Å²) in [4.78, 5) is 0. The summed E-state index contributed by atoms with van der Waals surface area (Å²) in [6, 6.07) is 0. The highest BCUT2D eigenvalue weighted by Gasteiger charge is 2.20. The largest absolute Gasteiger partial charge is 0.380 e. The van der Waals surface area contributed by atoms with Crippen LogP contribution in [0.1, 0.15) is 12.8 Å². The van der Waals surface area contributed by atoms with Gasteiger partial charge in [-0.05, 0) is 18.8 Å². The van der Waals surface area contributed by atoms with Crippen LogP contribution in [0, 0.1) is 5.92 Å². The molecule has 0 aromatic carbocycles. The molecule has 2 N–H and O–H groups in total. The molecule has 0 heterocycles. The number of halogens is 1. The molecular weight excluding hydrogens is 138 g/mol. The molecule has 1 rings (SSSR count). The Balaban J connectivity index is 0.000000640. The monoisotopic (exact) mass is 151 g/mol. The molecule has 0 spiro atoms. The standard InChI is InChI=1S/C6H13NO.ClH/c7-3-4-8-5-6-1-2-6;/h6H,1-5,7H2;1H. The first-order chi connectivity index (χ1) is 3.93. The lowest BCUT2D eigenvalue weighted by Crippen LogP contribution is -2.09. The van der Waals surface area contributed by atoms with Crippen molar-refractivity contribution in [2.45, 2.75) is 12.8 Å². The third-order valence-electron chi connectivity index (χ3n) is 1.31. The van der Waals surface area contributed by atoms with Crippen molar-refractivity contribution in [3.63, 3.8) is 0 Å². The average Bonchev–Trinajstić information content (AvgIpc) is 2.51. The van der Waals surface area contributed by atoms with Gasteiger partial charge < -0.3 is 10.5 Å². The van der Waals surface area contributed by atoms with Gasteiger partial charge in [0.2, 0.25) is 0 Å². The van der Waals surface area contributed by atoms with Crippen LogP contribution in [0.25, 0.3) is 0 Å². The summed E-state index contributed by atoms with van der Waals surface area (Å²) < 4.78 is 5.18. The van der Waals surface area contributed by atoms with E-state index in [0.717, 1.165) is 19.1 Å². The van der Waals surface area contributed by atoms with Gasteiger partial charge in [0.05, 0.1) is 6.61 Å². The molecule has 1 aliphatic carbocycles. The summed E-state index contributed by atoms with van der Waals surface area (Å²) in [6.07, 6.45) is 2.73. The van der Waals surface area contributed by atoms with Crippen LogP contribution >= 0.6 is 12.4 Å². The van der Waals surface area contributed by atoms with Crippen LogP contribution < -0.4 is 5.73 Å². The summed E-state index contributed by atoms with van der Waals surface area (Å²) in [5, 5.41) is 0. The summed E-state index contributed by atoms with van der Waals surface area (Å²) in [6.45, 7) is 2.33. The smallest absolute Gasteiger partial charge is 0.0588 e. The Kier molecular flexibility index (Phi) is 5.15. The molecule has 2 nitrogen and oxygen atoms in total. The molecule has 3 heteroatoms. The van der Waals surface area contributed by atoms with Crippen molar-refractivity contribution in [2.75, 3.05) is 19.8 Å². The normalized spacial score (nSPS) is 17.0. The minimum atomic E-state index is 0. The van der Waals surface area contributed by atoms with E-state index in [1.165, 1.54) is 12.8 Å². The Morgan fingerprint density at radius 2 is 2.11 bits per heavy atom. The van der Waals surface area contributed by atoms with Gasteiger partial charge >= 0.3 is 0 Å². The van der Waals surface area contributed by atoms with E-state index in [4.69, 9.17) is 10.5 Å². The number of hydrogen-bond donors (Lipinski definition) is 1. The summed E-state index contributed by atoms with van der Waals surface area (Å²) in [5.74, 6) is 0.876. The van der Waals surface area contributed by atoms with E-state index in [-0.39, 0.29) is 12.4 Å². The maximum absolute atomic E-state index is 5.21. The van der Waals surface area contributed by atoms with Crippen LogP contribution in [-0.4, -0.2) is 19.8 Å². The molecule has 0 unspecified atom stereocenters. The molecule has 1 fully saturated rings. The second kappa shape index (κ2) is 5.03. The van der Waals surface area contributed by atoms with Gasteiger partial charge in [-0.25, -0.2) is 0 Å². The molecule has 0 radical (unpaired) electrons. The quantitative estimate of drug-likeness (QED) is 0.604. The second-order valence-corrected chi connectivity index (χ2v) is 2.31. The molecular formula is C6H14ClNO. The van der Waals surface area contributed by atoms with E-state index in [2.05, 4.69) is 0 Å². The number of nitrogens with two attached hydrogens (primary N) is 1. The highest BCUT2D eigenvalue weighted by molar-refractivity contribution is 5.85. The van der Waals surface area contributed by atoms with Crippen LogP contribution in [0.4, 0.5) is 0 Å². The lowest BCUT2D eigenvalue weighted by molar-refractivity contribution is 0.131. The first-order valence-electron chi connectivity index (χ1n) is 3.21. The fourth-order valence-corrected chi connectivity index (χ4v) is 0.618. The predicted molar refractivity (Wildman–Crippen MR) is 39.8 cm³/mol. The van der Waals surface area contributed by atoms with Crippen molar-refractivity contribution in [1.82, 2.24) is 0 Å². The van der Waals surface area contributed by atoms with Gasteiger partial charge in [-0.2, -0.15) is 0 Å². The summed E-state index contributed by atoms with van der Waals surface area (Å²) >= 11 is 0. The van der Waals surface area contributed by atoms with Gasteiger partial charge in [0.25, 0.3) is 0 Å². The van der Waals surface area contributed by atoms with Crippen molar-refractivity contribution in [3.8, 4) is 0 Å². The Hall–Kier alpha value is 0.210. The fourth-order valence-electron chi connectivity index (χ4n) is 0.618. The molecule has 0 atom stereocenters. The van der Waals surface area contributed by atoms with Gasteiger partial charge in [0, 0.05) is 13.2 Å². The molecule has 1 saturated carbocycles. The average molecular weight is 152 g/mol. The van der Waals surface area contributed by atoms with Crippen LogP contribution in [0.5, 0.6) is 0 Å². The number of rotatable bonds is 4. The van der Waals surface area contributed by atoms with Crippen molar-refractivity contribution < 1.29 is 4.74 Å². The Morgan fingerprint density at radius 1 is 1.44 bits per heavy atom. The van der Waals surface area contributed by atoms with E-state index in [0.29, 0.717) is 6.54 Å². The maximum atomic E-state index is 5.21. The third kappa shape index (κ3) is 4.70. The van der Waals surface area contributed by atoms with Crippen LogP contribution in [0.2, 0.25) is 0 Å². The predicted octanol–water partition coefficient (Wildman–Crippen LogP) is 0.793. The minimum absolute atomic E-state index is 0. The lowest BCUT2D eigenvalue weighted by Gasteiger charge is -1.97. The van der Waals surface area contributed by atoms with E-state index < -0.39 is 0 Å². The van der Waals surface area contributed by atoms with Crippen molar-refractivity contribution in [2.24, 2.45) is 11.7 Å². The summed E-state index contributed by atoms with van der Waals surface area (Å²) in [7, 11) is 0. The Bertz CT molecular complexity index is 66.1. The number of ether oxygens (including phenoxy) is 1. The van der Waals surface area contributed by atoms with Crippen LogP contribution in [-0.2, 0) is 4.74 Å². The van der Waals surface area contributed by atoms with Crippen LogP contribution in [0.15, 0.2) is 0 Å². The lowest BCUT2D eigenvalue weighted by atomic mass is 10.5. The van der Waals surface area contributed by atoms with Crippen LogP contribution in [0.3, 0.4) is 0 Å². The van der Waals surface area contributed by atoms with Gasteiger partial charge in [-0.15, -0.1) is 12.4 Å². The first kappa shape index (κ1) is 9.21. The van der Waals surface area contributed by atoms with Gasteiger partial charge in [0.15, 0.2) is 0 Å². The Labute approximate surface area is 62.2 Å². The van der Waals surface area contributed by atoms with Gasteiger partial charge in [-0.3, -0.25) is 0 Å². The Morgan fingerprint density at radius 3 is 2.56 bits per heavy atom. The highest BCUT2D eigenvalue weighted by atomic mass is 35.5. The molecule has 0 bridgehead atoms. The zero-order chi connectivity index (χ0) is 5.82. The van der Waals surface area contributed by atoms with Gasteiger partial charge in [0.1, 0.15) is 0 Å². The van der Waals surface area contributed by atoms with Crippen molar-refractivity contribution in [3.05, 3.63) is 0 Å². The minimum Gasteiger partial charge on any atom is -0.380 e. The zero-order valence-electron chi connectivity index (χ0n) is 5.51. The molecule has 0 amide bonds. The van der Waals surface area contributed by atoms with E-state index in [1.807, 2.05) is 0 Å². The number of hydrogen-bond acceptors (Lipinski definition) is 2. The molecule has 56 valence electrons. The first-order valence-corrected chi connectivity index (χ1v) is 3.21. The van der Waals surface area contributed by atoms with Gasteiger partial charge in [-0.1, -0.05) is 0 Å². The van der Waals surface area contributed by atoms with E-state index in [9.17, 15) is 0 Å². The molecule has 9 heavy (non-hydrogen) atoms. The maximum Gasteiger partial charge on any atom is 0.0588 e. The van der Waals surface area contributed by atoms with E-state index >= 15 is 0 Å². The molecule has 1 aliphatic rings. The molecule has 0 saturated heterocycles. The van der Waals surface area contributed by atoms with Crippen molar-refractivity contribution >= 4 is 12.4 Å². The third-order valence-corrected chi connectivity index (χ3v) is 1.31. The zero-order valence-corrected chi connectivity index (χ0v) is 6.32. The molecule has 0 aliphatic heterocycles. The fraction of sp³-hybridized carbons (Fsp3) is 1.00. The second-order valence-electron chi connectivity index (χ2n) is 2.31. The topological polar surface area (TPSA) is 35.2 Å². The molecule has 0 aromatic heterocycles. The van der Waals surface area contributed by atoms with E-state index in [1.54, 1.807) is 0 Å².